The number of hydrogen-bond donors (Lipinski definition) is 0. The van der Waals surface area contributed by atoms with E-state index in [4.69, 9.17) is 4.42 Å². The zero-order valence-corrected chi connectivity index (χ0v) is 13.5. The minimum atomic E-state index is -0.0649. The van der Waals surface area contributed by atoms with Crippen LogP contribution < -0.4 is 0 Å². The number of carbonyl (C=O) groups excluding carboxylic acids is 1. The number of amidine groups is 1. The molecule has 5 heteroatoms. The quantitative estimate of drug-likeness (QED) is 0.783. The van der Waals surface area contributed by atoms with E-state index in [1.165, 1.54) is 17.3 Å². The molecule has 2 heterocycles. The Morgan fingerprint density at radius 1 is 1.14 bits per heavy atom. The lowest BCUT2D eigenvalue weighted by atomic mass is 10.2. The number of benzene rings is 1. The maximum absolute atomic E-state index is 12.3. The molecule has 112 valence electrons. The van der Waals surface area contributed by atoms with E-state index in [0.717, 1.165) is 11.4 Å². The van der Waals surface area contributed by atoms with Crippen molar-refractivity contribution in [1.29, 1.82) is 0 Å². The van der Waals surface area contributed by atoms with Crippen molar-refractivity contribution in [3.05, 3.63) is 58.4 Å². The lowest BCUT2D eigenvalue weighted by molar-refractivity contribution is -0.121. The summed E-state index contributed by atoms with van der Waals surface area (Å²) in [7, 11) is 1.73. The predicted octanol–water partition coefficient (Wildman–Crippen LogP) is 4.13. The predicted molar refractivity (Wildman–Crippen MR) is 90.1 cm³/mol. The van der Waals surface area contributed by atoms with Crippen molar-refractivity contribution < 1.29 is 9.21 Å². The molecular weight excluding hydrogens is 296 g/mol. The first kappa shape index (κ1) is 14.7. The molecule has 1 aromatic heterocycles. The number of hydrogen-bond acceptors (Lipinski definition) is 4. The van der Waals surface area contributed by atoms with Gasteiger partial charge in [-0.05, 0) is 49.9 Å². The first-order valence-electron chi connectivity index (χ1n) is 6.92. The Morgan fingerprint density at radius 3 is 2.50 bits per heavy atom. The second-order valence-corrected chi connectivity index (χ2v) is 6.16. The topological polar surface area (TPSA) is 45.8 Å². The summed E-state index contributed by atoms with van der Waals surface area (Å²) in [5, 5.41) is 0.670. The highest BCUT2D eigenvalue weighted by Crippen LogP contribution is 2.33. The first-order chi connectivity index (χ1) is 10.5. The van der Waals surface area contributed by atoms with Crippen LogP contribution in [0, 0.1) is 13.8 Å². The number of aryl methyl sites for hydroxylation is 2. The molecular formula is C17H16N2O2S. The zero-order valence-electron chi connectivity index (χ0n) is 12.7. The van der Waals surface area contributed by atoms with E-state index in [-0.39, 0.29) is 5.91 Å². The fraction of sp³-hybridized carbons (Fsp3) is 0.176. The summed E-state index contributed by atoms with van der Waals surface area (Å²) in [6.45, 7) is 3.91. The van der Waals surface area contributed by atoms with E-state index in [1.54, 1.807) is 18.0 Å². The van der Waals surface area contributed by atoms with Crippen LogP contribution in [0.25, 0.3) is 6.08 Å². The van der Waals surface area contributed by atoms with Crippen LogP contribution in [0.4, 0.5) is 5.69 Å². The average molecular weight is 312 g/mol. The molecule has 3 rings (SSSR count). The third-order valence-corrected chi connectivity index (χ3v) is 4.36. The molecule has 0 saturated carbocycles. The third kappa shape index (κ3) is 2.99. The van der Waals surface area contributed by atoms with Crippen molar-refractivity contribution in [3.63, 3.8) is 0 Å². The van der Waals surface area contributed by atoms with Gasteiger partial charge in [-0.3, -0.25) is 9.69 Å². The third-order valence-electron chi connectivity index (χ3n) is 3.30. The number of thioether (sulfide) groups is 1. The van der Waals surface area contributed by atoms with E-state index >= 15 is 0 Å². The highest BCUT2D eigenvalue weighted by atomic mass is 32.2. The molecule has 1 aliphatic rings. The summed E-state index contributed by atoms with van der Waals surface area (Å²) in [5.41, 5.74) is 2.02. The summed E-state index contributed by atoms with van der Waals surface area (Å²) >= 11 is 1.36. The van der Waals surface area contributed by atoms with Crippen LogP contribution in [0.2, 0.25) is 0 Å². The van der Waals surface area contributed by atoms with Crippen LogP contribution in [-0.4, -0.2) is 23.0 Å². The van der Waals surface area contributed by atoms with Crippen molar-refractivity contribution in [3.8, 4) is 0 Å². The van der Waals surface area contributed by atoms with Gasteiger partial charge in [0.2, 0.25) is 0 Å². The van der Waals surface area contributed by atoms with Gasteiger partial charge >= 0.3 is 0 Å². The number of rotatable bonds is 2. The minimum absolute atomic E-state index is 0.0649. The van der Waals surface area contributed by atoms with Gasteiger partial charge in [-0.1, -0.05) is 17.7 Å². The average Bonchev–Trinajstić information content (AvgIpc) is 3.01. The zero-order chi connectivity index (χ0) is 15.7. The van der Waals surface area contributed by atoms with Crippen LogP contribution in [0.5, 0.6) is 0 Å². The normalized spacial score (nSPS) is 18.7. The summed E-state index contributed by atoms with van der Waals surface area (Å²) in [6.07, 6.45) is 1.76. The van der Waals surface area contributed by atoms with Crippen LogP contribution in [0.1, 0.15) is 17.1 Å². The Morgan fingerprint density at radius 2 is 1.86 bits per heavy atom. The van der Waals surface area contributed by atoms with E-state index in [0.29, 0.717) is 15.8 Å². The lowest BCUT2D eigenvalue weighted by Gasteiger charge is -2.07. The summed E-state index contributed by atoms with van der Waals surface area (Å²) in [5.74, 6) is 1.44. The maximum Gasteiger partial charge on any atom is 0.266 e. The summed E-state index contributed by atoms with van der Waals surface area (Å²) in [6, 6.07) is 11.6. The van der Waals surface area contributed by atoms with Crippen LogP contribution >= 0.6 is 11.8 Å². The molecule has 0 radical (unpaired) electrons. The van der Waals surface area contributed by atoms with Crippen molar-refractivity contribution in [2.75, 3.05) is 7.05 Å². The number of aliphatic imine (C=N–C) groups is 1. The van der Waals surface area contributed by atoms with Crippen LogP contribution in [-0.2, 0) is 4.79 Å². The molecule has 0 N–H and O–H groups in total. The number of carbonyl (C=O) groups is 1. The molecule has 0 unspecified atom stereocenters. The molecule has 1 fully saturated rings. The molecule has 2 aromatic rings. The van der Waals surface area contributed by atoms with Crippen molar-refractivity contribution in [2.45, 2.75) is 13.8 Å². The maximum atomic E-state index is 12.3. The van der Waals surface area contributed by atoms with Gasteiger partial charge in [0.1, 0.15) is 11.5 Å². The van der Waals surface area contributed by atoms with Gasteiger partial charge < -0.3 is 4.42 Å². The standard InChI is InChI=1S/C17H16N2O2S/c1-11-4-7-13(8-5-11)18-17-19(3)16(20)15(22-17)10-14-9-6-12(2)21-14/h4-10H,1-3H3/b15-10+,18-17?. The van der Waals surface area contributed by atoms with Crippen molar-refractivity contribution in [1.82, 2.24) is 4.90 Å². The first-order valence-corrected chi connectivity index (χ1v) is 7.74. The molecule has 0 bridgehead atoms. The molecule has 0 atom stereocenters. The van der Waals surface area contributed by atoms with Crippen molar-refractivity contribution >= 4 is 34.6 Å². The number of amides is 1. The van der Waals surface area contributed by atoms with Crippen LogP contribution in [0.3, 0.4) is 0 Å². The summed E-state index contributed by atoms with van der Waals surface area (Å²) in [4.78, 5) is 19.0. The van der Waals surface area contributed by atoms with Gasteiger partial charge in [-0.15, -0.1) is 0 Å². The van der Waals surface area contributed by atoms with Gasteiger partial charge in [0.15, 0.2) is 5.17 Å². The fourth-order valence-electron chi connectivity index (χ4n) is 2.04. The molecule has 1 aliphatic heterocycles. The molecule has 1 aromatic carbocycles. The largest absolute Gasteiger partial charge is 0.462 e. The Kier molecular flexibility index (Phi) is 3.90. The lowest BCUT2D eigenvalue weighted by Crippen LogP contribution is -2.23. The number of nitrogens with zero attached hydrogens (tertiary/aromatic N) is 2. The Balaban J connectivity index is 1.88. The minimum Gasteiger partial charge on any atom is -0.462 e. The van der Waals surface area contributed by atoms with E-state index in [1.807, 2.05) is 50.2 Å². The van der Waals surface area contributed by atoms with E-state index in [9.17, 15) is 4.79 Å². The molecule has 1 saturated heterocycles. The van der Waals surface area contributed by atoms with Gasteiger partial charge in [0.05, 0.1) is 10.6 Å². The second kappa shape index (κ2) is 5.85. The van der Waals surface area contributed by atoms with Crippen LogP contribution in [0.15, 0.2) is 50.7 Å². The Labute approximate surface area is 133 Å². The highest BCUT2D eigenvalue weighted by molar-refractivity contribution is 8.18. The fourth-order valence-corrected chi connectivity index (χ4v) is 3.01. The van der Waals surface area contributed by atoms with Gasteiger partial charge in [0.25, 0.3) is 5.91 Å². The molecule has 1 amide bonds. The highest BCUT2D eigenvalue weighted by Gasteiger charge is 2.30. The number of furan rings is 1. The second-order valence-electron chi connectivity index (χ2n) is 5.15. The number of likely N-dealkylation sites (N-methyl/N-ethyl adjacent to an activating group) is 1. The van der Waals surface area contributed by atoms with Crippen molar-refractivity contribution in [2.24, 2.45) is 4.99 Å². The molecule has 22 heavy (non-hydrogen) atoms. The Hall–Kier alpha value is -2.27. The van der Waals surface area contributed by atoms with E-state index in [2.05, 4.69) is 4.99 Å². The van der Waals surface area contributed by atoms with Gasteiger partial charge in [0, 0.05) is 13.1 Å². The Bertz CT molecular complexity index is 772. The monoisotopic (exact) mass is 312 g/mol. The van der Waals surface area contributed by atoms with Gasteiger partial charge in [-0.2, -0.15) is 0 Å². The molecule has 0 aliphatic carbocycles. The van der Waals surface area contributed by atoms with E-state index < -0.39 is 0 Å². The molecule has 4 nitrogen and oxygen atoms in total. The SMILES string of the molecule is Cc1ccc(N=C2S/C(=C/c3ccc(C)o3)C(=O)N2C)cc1. The summed E-state index contributed by atoms with van der Waals surface area (Å²) < 4.78 is 5.50. The molecule has 0 spiro atoms. The smallest absolute Gasteiger partial charge is 0.266 e. The van der Waals surface area contributed by atoms with Gasteiger partial charge in [-0.25, -0.2) is 4.99 Å².